The molecule has 2 saturated heterocycles. The SMILES string of the molecule is C=Cn1cc(CN2CCC(N3C(=O)N(Cc4cccc(C=O)c4)CC3c3ccccc3)CC2)ccc1=N. The maximum atomic E-state index is 13.8. The van der Waals surface area contributed by atoms with Crippen molar-refractivity contribution in [3.05, 3.63) is 107 Å². The third-order valence-electron chi connectivity index (χ3n) is 7.46. The fraction of sp³-hybridized carbons (Fsp3) is 0.300. The molecule has 7 heteroatoms. The van der Waals surface area contributed by atoms with Gasteiger partial charge in [-0.15, -0.1) is 0 Å². The Balaban J connectivity index is 1.30. The number of nitrogens with one attached hydrogen (secondary N) is 1. The average molecular weight is 496 g/mol. The first-order chi connectivity index (χ1) is 18.1. The molecule has 1 atom stereocenters. The van der Waals surface area contributed by atoms with Crippen LogP contribution in [0, 0.1) is 5.41 Å². The number of urea groups is 1. The Hall–Kier alpha value is -3.97. The second-order valence-corrected chi connectivity index (χ2v) is 9.88. The van der Waals surface area contributed by atoms with Crippen molar-refractivity contribution >= 4 is 18.5 Å². The lowest BCUT2D eigenvalue weighted by Gasteiger charge is -2.39. The number of hydrogen-bond acceptors (Lipinski definition) is 4. The summed E-state index contributed by atoms with van der Waals surface area (Å²) in [4.78, 5) is 31.4. The number of hydrogen-bond donors (Lipinski definition) is 1. The molecule has 0 bridgehead atoms. The van der Waals surface area contributed by atoms with E-state index in [0.29, 0.717) is 24.1 Å². The summed E-state index contributed by atoms with van der Waals surface area (Å²) in [6.07, 6.45) is 6.31. The average Bonchev–Trinajstić information content (AvgIpc) is 3.26. The summed E-state index contributed by atoms with van der Waals surface area (Å²) in [6.45, 7) is 7.55. The van der Waals surface area contributed by atoms with Crippen LogP contribution in [0.2, 0.25) is 0 Å². The second-order valence-electron chi connectivity index (χ2n) is 9.88. The second kappa shape index (κ2) is 11.0. The van der Waals surface area contributed by atoms with Crippen LogP contribution in [0.15, 0.2) is 79.5 Å². The number of carbonyl (C=O) groups excluding carboxylic acids is 2. The van der Waals surface area contributed by atoms with E-state index in [1.807, 2.05) is 53.6 Å². The van der Waals surface area contributed by atoms with Crippen molar-refractivity contribution in [2.24, 2.45) is 0 Å². The summed E-state index contributed by atoms with van der Waals surface area (Å²) in [5.41, 5.74) is 4.32. The summed E-state index contributed by atoms with van der Waals surface area (Å²) in [5.74, 6) is 0. The molecule has 2 aliphatic rings. The van der Waals surface area contributed by atoms with Crippen LogP contribution in [-0.2, 0) is 13.1 Å². The van der Waals surface area contributed by atoms with Gasteiger partial charge < -0.3 is 14.4 Å². The predicted molar refractivity (Wildman–Crippen MR) is 144 cm³/mol. The zero-order chi connectivity index (χ0) is 25.8. The van der Waals surface area contributed by atoms with E-state index in [-0.39, 0.29) is 18.1 Å². The van der Waals surface area contributed by atoms with Gasteiger partial charge in [-0.05, 0) is 41.7 Å². The van der Waals surface area contributed by atoms with E-state index in [4.69, 9.17) is 5.41 Å². The van der Waals surface area contributed by atoms with Crippen LogP contribution < -0.4 is 5.49 Å². The molecule has 5 rings (SSSR count). The number of aromatic nitrogens is 1. The molecule has 3 aromatic rings. The molecular weight excluding hydrogens is 462 g/mol. The molecule has 190 valence electrons. The van der Waals surface area contributed by atoms with Gasteiger partial charge in [0, 0.05) is 56.7 Å². The molecule has 7 nitrogen and oxygen atoms in total. The van der Waals surface area contributed by atoms with Crippen molar-refractivity contribution in [2.45, 2.75) is 38.0 Å². The Morgan fingerprint density at radius 3 is 2.46 bits per heavy atom. The van der Waals surface area contributed by atoms with E-state index in [1.165, 1.54) is 0 Å². The van der Waals surface area contributed by atoms with E-state index in [9.17, 15) is 9.59 Å². The number of amides is 2. The lowest BCUT2D eigenvalue weighted by molar-refractivity contribution is 0.109. The predicted octanol–water partition coefficient (Wildman–Crippen LogP) is 4.52. The Bertz CT molecular complexity index is 1330. The highest BCUT2D eigenvalue weighted by molar-refractivity contribution is 5.78. The Labute approximate surface area is 217 Å². The van der Waals surface area contributed by atoms with Gasteiger partial charge in [0.1, 0.15) is 11.8 Å². The minimum absolute atomic E-state index is 0.00986. The van der Waals surface area contributed by atoms with E-state index in [1.54, 1.807) is 22.9 Å². The van der Waals surface area contributed by atoms with Crippen molar-refractivity contribution in [3.63, 3.8) is 0 Å². The van der Waals surface area contributed by atoms with Gasteiger partial charge in [0.15, 0.2) is 0 Å². The van der Waals surface area contributed by atoms with Gasteiger partial charge in [-0.2, -0.15) is 0 Å². The topological polar surface area (TPSA) is 72.6 Å². The number of nitrogens with zero attached hydrogens (tertiary/aromatic N) is 4. The van der Waals surface area contributed by atoms with Gasteiger partial charge in [0.25, 0.3) is 0 Å². The van der Waals surface area contributed by atoms with Crippen molar-refractivity contribution in [1.82, 2.24) is 19.3 Å². The number of benzene rings is 2. The number of aldehydes is 1. The van der Waals surface area contributed by atoms with E-state index >= 15 is 0 Å². The van der Waals surface area contributed by atoms with E-state index in [2.05, 4.69) is 28.5 Å². The lowest BCUT2D eigenvalue weighted by Crippen LogP contribution is -2.47. The standard InChI is InChI=1S/C30H33N5O2/c1-2-33-20-25(11-12-29(33)31)18-32-15-13-27(14-16-32)35-28(26-9-4-3-5-10-26)21-34(30(35)37)19-23-7-6-8-24(17-23)22-36/h2-12,17,20,22,27-28,31H,1,13-16,18-19,21H2. The fourth-order valence-electron chi connectivity index (χ4n) is 5.56. The summed E-state index contributed by atoms with van der Waals surface area (Å²) in [7, 11) is 0. The molecule has 0 radical (unpaired) electrons. The van der Waals surface area contributed by atoms with Gasteiger partial charge in [0.05, 0.1) is 6.04 Å². The first-order valence-electron chi connectivity index (χ1n) is 12.8. The fourth-order valence-corrected chi connectivity index (χ4v) is 5.56. The van der Waals surface area contributed by atoms with E-state index in [0.717, 1.165) is 55.5 Å². The minimum Gasteiger partial charge on any atom is -0.318 e. The van der Waals surface area contributed by atoms with Gasteiger partial charge >= 0.3 is 6.03 Å². The highest BCUT2D eigenvalue weighted by atomic mass is 16.2. The van der Waals surface area contributed by atoms with Crippen molar-refractivity contribution in [2.75, 3.05) is 19.6 Å². The number of rotatable bonds is 8. The highest BCUT2D eigenvalue weighted by Crippen LogP contribution is 2.35. The highest BCUT2D eigenvalue weighted by Gasteiger charge is 2.42. The maximum absolute atomic E-state index is 13.8. The van der Waals surface area contributed by atoms with Crippen LogP contribution >= 0.6 is 0 Å². The maximum Gasteiger partial charge on any atom is 0.321 e. The molecule has 0 aliphatic carbocycles. The van der Waals surface area contributed by atoms with Gasteiger partial charge in [0.2, 0.25) is 0 Å². The molecule has 1 aromatic heterocycles. The van der Waals surface area contributed by atoms with Crippen molar-refractivity contribution < 1.29 is 9.59 Å². The van der Waals surface area contributed by atoms with Gasteiger partial charge in [-0.25, -0.2) is 4.79 Å². The third-order valence-corrected chi connectivity index (χ3v) is 7.46. The normalized spacial score (nSPS) is 18.8. The van der Waals surface area contributed by atoms with Crippen LogP contribution in [0.4, 0.5) is 4.79 Å². The Morgan fingerprint density at radius 1 is 0.946 bits per heavy atom. The molecule has 37 heavy (non-hydrogen) atoms. The number of carbonyl (C=O) groups is 2. The molecule has 2 aromatic carbocycles. The molecule has 1 N–H and O–H groups in total. The van der Waals surface area contributed by atoms with E-state index < -0.39 is 0 Å². The minimum atomic E-state index is 0.00986. The van der Waals surface area contributed by atoms with Crippen LogP contribution in [0.25, 0.3) is 6.20 Å². The zero-order valence-electron chi connectivity index (χ0n) is 21.0. The summed E-state index contributed by atoms with van der Waals surface area (Å²) >= 11 is 0. The Morgan fingerprint density at radius 2 is 1.73 bits per heavy atom. The van der Waals surface area contributed by atoms with Gasteiger partial charge in [-0.3, -0.25) is 15.1 Å². The molecular formula is C30H33N5O2. The summed E-state index contributed by atoms with van der Waals surface area (Å²) in [6, 6.07) is 21.9. The van der Waals surface area contributed by atoms with Crippen LogP contribution in [-0.4, -0.2) is 57.3 Å². The van der Waals surface area contributed by atoms with Crippen molar-refractivity contribution in [3.8, 4) is 0 Å². The molecule has 0 saturated carbocycles. The number of likely N-dealkylation sites (tertiary alicyclic amines) is 1. The molecule has 2 aliphatic heterocycles. The lowest BCUT2D eigenvalue weighted by atomic mass is 9.99. The number of piperidine rings is 1. The first kappa shape index (κ1) is 24.7. The molecule has 2 amide bonds. The largest absolute Gasteiger partial charge is 0.321 e. The van der Waals surface area contributed by atoms with Crippen LogP contribution in [0.5, 0.6) is 0 Å². The van der Waals surface area contributed by atoms with Gasteiger partial charge in [-0.1, -0.05) is 61.2 Å². The van der Waals surface area contributed by atoms with Crippen molar-refractivity contribution in [1.29, 1.82) is 5.41 Å². The summed E-state index contributed by atoms with van der Waals surface area (Å²) in [5, 5.41) is 7.95. The quantitative estimate of drug-likeness (QED) is 0.467. The monoisotopic (exact) mass is 495 g/mol. The Kier molecular flexibility index (Phi) is 7.32. The summed E-state index contributed by atoms with van der Waals surface area (Å²) < 4.78 is 1.73. The smallest absolute Gasteiger partial charge is 0.318 e. The van der Waals surface area contributed by atoms with Crippen LogP contribution in [0.1, 0.15) is 45.9 Å². The first-order valence-corrected chi connectivity index (χ1v) is 12.8. The van der Waals surface area contributed by atoms with Crippen LogP contribution in [0.3, 0.4) is 0 Å². The molecule has 1 unspecified atom stereocenters. The zero-order valence-corrected chi connectivity index (χ0v) is 21.0. The molecule has 0 spiro atoms. The number of pyridine rings is 1. The molecule has 3 heterocycles. The third kappa shape index (κ3) is 5.42. The molecule has 2 fully saturated rings.